The summed E-state index contributed by atoms with van der Waals surface area (Å²) in [4.78, 5) is 15.2. The number of nitrogens with zero attached hydrogens (tertiary/aromatic N) is 1. The van der Waals surface area contributed by atoms with Crippen LogP contribution in [-0.2, 0) is 0 Å². The van der Waals surface area contributed by atoms with Crippen LogP contribution in [0, 0.1) is 0 Å². The minimum Gasteiger partial charge on any atom is -0.475 e. The molecule has 100 valence electrons. The van der Waals surface area contributed by atoms with E-state index in [2.05, 4.69) is 18.8 Å². The van der Waals surface area contributed by atoms with Crippen molar-refractivity contribution in [2.24, 2.45) is 0 Å². The molecule has 3 heteroatoms. The standard InChI is InChI=1S/C15H23NO2/c1-4-5-6-7-8-12(2)18-15-10-9-14(11-16-15)13(3)17/h9-12H,4-8H2,1-3H3. The fourth-order valence-corrected chi connectivity index (χ4v) is 1.78. The van der Waals surface area contributed by atoms with Crippen LogP contribution in [0.4, 0.5) is 0 Å². The first-order chi connectivity index (χ1) is 8.63. The third kappa shape index (κ3) is 5.30. The van der Waals surface area contributed by atoms with Crippen molar-refractivity contribution in [1.29, 1.82) is 0 Å². The second-order valence-corrected chi connectivity index (χ2v) is 4.72. The summed E-state index contributed by atoms with van der Waals surface area (Å²) in [6.45, 7) is 5.81. The maximum absolute atomic E-state index is 11.1. The third-order valence-electron chi connectivity index (χ3n) is 2.93. The highest BCUT2D eigenvalue weighted by Crippen LogP contribution is 2.13. The highest BCUT2D eigenvalue weighted by atomic mass is 16.5. The number of ketones is 1. The zero-order chi connectivity index (χ0) is 13.4. The van der Waals surface area contributed by atoms with Crippen LogP contribution in [0.2, 0.25) is 0 Å². The molecule has 1 atom stereocenters. The predicted octanol–water partition coefficient (Wildman–Crippen LogP) is 4.02. The summed E-state index contributed by atoms with van der Waals surface area (Å²) in [5, 5.41) is 0. The first-order valence-corrected chi connectivity index (χ1v) is 6.77. The van der Waals surface area contributed by atoms with Gasteiger partial charge in [0, 0.05) is 17.8 Å². The molecule has 0 bridgehead atoms. The van der Waals surface area contributed by atoms with Gasteiger partial charge in [-0.1, -0.05) is 26.2 Å². The van der Waals surface area contributed by atoms with Crippen LogP contribution in [0.15, 0.2) is 18.3 Å². The van der Waals surface area contributed by atoms with Gasteiger partial charge in [-0.25, -0.2) is 4.98 Å². The van der Waals surface area contributed by atoms with Crippen LogP contribution in [0.1, 0.15) is 63.2 Å². The van der Waals surface area contributed by atoms with Gasteiger partial charge in [0.25, 0.3) is 0 Å². The topological polar surface area (TPSA) is 39.2 Å². The number of aromatic nitrogens is 1. The highest BCUT2D eigenvalue weighted by molar-refractivity contribution is 5.93. The quantitative estimate of drug-likeness (QED) is 0.516. The lowest BCUT2D eigenvalue weighted by Gasteiger charge is -2.13. The van der Waals surface area contributed by atoms with Crippen molar-refractivity contribution in [2.75, 3.05) is 0 Å². The Bertz CT molecular complexity index is 359. The molecule has 1 rings (SSSR count). The van der Waals surface area contributed by atoms with E-state index in [0.717, 1.165) is 6.42 Å². The summed E-state index contributed by atoms with van der Waals surface area (Å²) in [6, 6.07) is 3.52. The number of carbonyl (C=O) groups excluding carboxylic acids is 1. The lowest BCUT2D eigenvalue weighted by Crippen LogP contribution is -2.12. The van der Waals surface area contributed by atoms with Crippen molar-refractivity contribution < 1.29 is 9.53 Å². The number of rotatable bonds is 8. The lowest BCUT2D eigenvalue weighted by atomic mass is 10.1. The van der Waals surface area contributed by atoms with Gasteiger partial charge in [0.2, 0.25) is 5.88 Å². The van der Waals surface area contributed by atoms with E-state index in [-0.39, 0.29) is 11.9 Å². The molecule has 0 aliphatic heterocycles. The molecule has 0 saturated heterocycles. The van der Waals surface area contributed by atoms with Crippen LogP contribution in [-0.4, -0.2) is 16.9 Å². The molecule has 0 amide bonds. The molecular weight excluding hydrogens is 226 g/mol. The average Bonchev–Trinajstić information content (AvgIpc) is 2.35. The fraction of sp³-hybridized carbons (Fsp3) is 0.600. The summed E-state index contributed by atoms with van der Waals surface area (Å²) in [6.07, 6.45) is 7.80. The van der Waals surface area contributed by atoms with Gasteiger partial charge in [-0.15, -0.1) is 0 Å². The number of hydrogen-bond acceptors (Lipinski definition) is 3. The number of carbonyl (C=O) groups is 1. The van der Waals surface area contributed by atoms with Gasteiger partial charge in [0.15, 0.2) is 5.78 Å². The van der Waals surface area contributed by atoms with E-state index in [4.69, 9.17) is 4.74 Å². The normalized spacial score (nSPS) is 12.2. The van der Waals surface area contributed by atoms with Gasteiger partial charge in [-0.2, -0.15) is 0 Å². The maximum atomic E-state index is 11.1. The Morgan fingerprint density at radius 3 is 2.67 bits per heavy atom. The first-order valence-electron chi connectivity index (χ1n) is 6.77. The fourth-order valence-electron chi connectivity index (χ4n) is 1.78. The number of unbranched alkanes of at least 4 members (excludes halogenated alkanes) is 3. The van der Waals surface area contributed by atoms with Crippen LogP contribution in [0.3, 0.4) is 0 Å². The molecule has 3 nitrogen and oxygen atoms in total. The minimum atomic E-state index is 0.0293. The van der Waals surface area contributed by atoms with E-state index < -0.39 is 0 Å². The second-order valence-electron chi connectivity index (χ2n) is 4.72. The molecule has 1 aromatic heterocycles. The van der Waals surface area contributed by atoms with Crippen molar-refractivity contribution in [2.45, 2.75) is 59.0 Å². The molecule has 0 aliphatic rings. The maximum Gasteiger partial charge on any atom is 0.213 e. The summed E-state index contributed by atoms with van der Waals surface area (Å²) < 4.78 is 5.71. The molecule has 1 aromatic rings. The Morgan fingerprint density at radius 1 is 1.33 bits per heavy atom. The molecule has 0 aromatic carbocycles. The molecule has 0 radical (unpaired) electrons. The van der Waals surface area contributed by atoms with Crippen LogP contribution in [0.25, 0.3) is 0 Å². The van der Waals surface area contributed by atoms with Gasteiger partial charge in [-0.05, 0) is 32.8 Å². The monoisotopic (exact) mass is 249 g/mol. The summed E-state index contributed by atoms with van der Waals surface area (Å²) in [5.41, 5.74) is 0.623. The van der Waals surface area contributed by atoms with Crippen LogP contribution >= 0.6 is 0 Å². The van der Waals surface area contributed by atoms with Crippen molar-refractivity contribution in [1.82, 2.24) is 4.98 Å². The second kappa shape index (κ2) is 7.85. The minimum absolute atomic E-state index is 0.0293. The molecule has 18 heavy (non-hydrogen) atoms. The Hall–Kier alpha value is -1.38. The van der Waals surface area contributed by atoms with Crippen LogP contribution < -0.4 is 4.74 Å². The number of hydrogen-bond donors (Lipinski definition) is 0. The van der Waals surface area contributed by atoms with E-state index in [1.165, 1.54) is 32.6 Å². The largest absolute Gasteiger partial charge is 0.475 e. The molecule has 1 unspecified atom stereocenters. The van der Waals surface area contributed by atoms with Gasteiger partial charge in [0.05, 0.1) is 6.10 Å². The predicted molar refractivity (Wildman–Crippen MR) is 73.1 cm³/mol. The van der Waals surface area contributed by atoms with E-state index in [1.54, 1.807) is 18.3 Å². The molecule has 1 heterocycles. The zero-order valence-electron chi connectivity index (χ0n) is 11.6. The third-order valence-corrected chi connectivity index (χ3v) is 2.93. The smallest absolute Gasteiger partial charge is 0.213 e. The Balaban J connectivity index is 2.35. The number of ether oxygens (including phenoxy) is 1. The molecule has 0 aliphatic carbocycles. The van der Waals surface area contributed by atoms with Gasteiger partial charge in [-0.3, -0.25) is 4.79 Å². The van der Waals surface area contributed by atoms with E-state index >= 15 is 0 Å². The Kier molecular flexibility index (Phi) is 6.40. The van der Waals surface area contributed by atoms with E-state index in [1.807, 2.05) is 0 Å². The van der Waals surface area contributed by atoms with Crippen molar-refractivity contribution in [3.05, 3.63) is 23.9 Å². The van der Waals surface area contributed by atoms with Gasteiger partial charge >= 0.3 is 0 Å². The SMILES string of the molecule is CCCCCCC(C)Oc1ccc(C(C)=O)cn1. The summed E-state index contributed by atoms with van der Waals surface area (Å²) >= 11 is 0. The highest BCUT2D eigenvalue weighted by Gasteiger charge is 2.06. The van der Waals surface area contributed by atoms with E-state index in [9.17, 15) is 4.79 Å². The Morgan fingerprint density at radius 2 is 2.11 bits per heavy atom. The number of pyridine rings is 1. The molecule has 0 fully saturated rings. The summed E-state index contributed by atoms with van der Waals surface area (Å²) in [7, 11) is 0. The molecule has 0 saturated carbocycles. The average molecular weight is 249 g/mol. The van der Waals surface area contributed by atoms with Gasteiger partial charge in [0.1, 0.15) is 0 Å². The lowest BCUT2D eigenvalue weighted by molar-refractivity contribution is 0.101. The van der Waals surface area contributed by atoms with Crippen molar-refractivity contribution in [3.8, 4) is 5.88 Å². The van der Waals surface area contributed by atoms with Crippen molar-refractivity contribution >= 4 is 5.78 Å². The number of Topliss-reactive ketones (excluding diaryl/α,β-unsaturated/α-hetero) is 1. The van der Waals surface area contributed by atoms with E-state index in [0.29, 0.717) is 11.4 Å². The summed E-state index contributed by atoms with van der Waals surface area (Å²) in [5.74, 6) is 0.629. The zero-order valence-corrected chi connectivity index (χ0v) is 11.6. The van der Waals surface area contributed by atoms with Crippen molar-refractivity contribution in [3.63, 3.8) is 0 Å². The molecular formula is C15H23NO2. The first kappa shape index (κ1) is 14.7. The Labute approximate surface area is 110 Å². The van der Waals surface area contributed by atoms with Gasteiger partial charge < -0.3 is 4.74 Å². The van der Waals surface area contributed by atoms with Crippen LogP contribution in [0.5, 0.6) is 5.88 Å². The molecule has 0 spiro atoms. The molecule has 0 N–H and O–H groups in total.